The van der Waals surface area contributed by atoms with E-state index in [2.05, 4.69) is 20.3 Å². The molecule has 8 heteroatoms. The first-order valence-corrected chi connectivity index (χ1v) is 9.36. The minimum atomic E-state index is -2.75. The van der Waals surface area contributed by atoms with Crippen molar-refractivity contribution in [3.8, 4) is 0 Å². The molecule has 0 unspecified atom stereocenters. The van der Waals surface area contributed by atoms with E-state index in [1.54, 1.807) is 12.3 Å². The third-order valence-corrected chi connectivity index (χ3v) is 5.23. The highest BCUT2D eigenvalue weighted by Gasteiger charge is 2.28. The smallest absolute Gasteiger partial charge is 0.281 e. The van der Waals surface area contributed by atoms with E-state index in [0.29, 0.717) is 28.6 Å². The summed E-state index contributed by atoms with van der Waals surface area (Å²) in [6.07, 6.45) is -1.11. The molecule has 0 N–H and O–H groups in total. The molecular formula is C17H18BrF3N2OS. The second-order valence-electron chi connectivity index (χ2n) is 6.91. The number of hydrogen-bond donors (Lipinski definition) is 0. The molecule has 0 atom stereocenters. The summed E-state index contributed by atoms with van der Waals surface area (Å²) < 4.78 is 52.6. The van der Waals surface area contributed by atoms with Crippen LogP contribution in [0.1, 0.15) is 32.4 Å². The van der Waals surface area contributed by atoms with Gasteiger partial charge >= 0.3 is 0 Å². The van der Waals surface area contributed by atoms with E-state index in [4.69, 9.17) is 4.74 Å². The van der Waals surface area contributed by atoms with Crippen LogP contribution in [0.5, 0.6) is 0 Å². The van der Waals surface area contributed by atoms with E-state index in [9.17, 15) is 13.2 Å². The second-order valence-corrected chi connectivity index (χ2v) is 9.35. The summed E-state index contributed by atoms with van der Waals surface area (Å²) in [4.78, 5) is 0. The highest BCUT2D eigenvalue weighted by Crippen LogP contribution is 2.34. The van der Waals surface area contributed by atoms with Crippen molar-refractivity contribution in [2.24, 2.45) is 4.40 Å². The molecule has 0 radical (unpaired) electrons. The lowest BCUT2D eigenvalue weighted by Crippen LogP contribution is -2.30. The van der Waals surface area contributed by atoms with Crippen LogP contribution in [0.25, 0.3) is 10.9 Å². The number of aromatic nitrogens is 1. The van der Waals surface area contributed by atoms with Crippen molar-refractivity contribution in [3.05, 3.63) is 34.2 Å². The summed E-state index contributed by atoms with van der Waals surface area (Å²) in [6.45, 7) is 6.72. The Hall–Kier alpha value is -0.990. The predicted octanol–water partition coefficient (Wildman–Crippen LogP) is 5.62. The fraction of sp³-hybridized carbons (Fsp3) is 0.471. The van der Waals surface area contributed by atoms with Crippen LogP contribution in [0, 0.1) is 5.82 Å². The minimum Gasteiger partial charge on any atom is -0.377 e. The van der Waals surface area contributed by atoms with Crippen LogP contribution >= 0.6 is 27.9 Å². The molecule has 0 aliphatic carbocycles. The van der Waals surface area contributed by atoms with Crippen molar-refractivity contribution in [2.75, 3.05) is 13.2 Å². The van der Waals surface area contributed by atoms with Crippen molar-refractivity contribution in [3.63, 3.8) is 0 Å². The van der Waals surface area contributed by atoms with Gasteiger partial charge in [-0.15, -0.1) is 0 Å². The monoisotopic (exact) mass is 434 g/mol. The zero-order valence-corrected chi connectivity index (χ0v) is 16.4. The maximum absolute atomic E-state index is 14.1. The summed E-state index contributed by atoms with van der Waals surface area (Å²) in [5.74, 6) is -0.492. The molecule has 1 aliphatic rings. The van der Waals surface area contributed by atoms with Crippen LogP contribution in [0.2, 0.25) is 0 Å². The topological polar surface area (TPSA) is 26.5 Å². The number of rotatable bonds is 4. The SMILES string of the molecule is CC(C)(C)S/N=C(\c1cn(C2COC2)c2cc(Br)c(F)cc12)C(F)F. The first kappa shape index (κ1) is 18.8. The number of benzene rings is 1. The fourth-order valence-corrected chi connectivity index (χ4v) is 3.41. The van der Waals surface area contributed by atoms with Crippen LogP contribution in [-0.2, 0) is 4.74 Å². The van der Waals surface area contributed by atoms with Crippen molar-refractivity contribution >= 4 is 44.5 Å². The van der Waals surface area contributed by atoms with Gasteiger partial charge in [0.1, 0.15) is 11.5 Å². The van der Waals surface area contributed by atoms with E-state index in [0.717, 1.165) is 11.9 Å². The first-order chi connectivity index (χ1) is 11.7. The summed E-state index contributed by atoms with van der Waals surface area (Å²) >= 11 is 4.26. The average Bonchev–Trinajstić information content (AvgIpc) is 2.75. The normalized spacial score (nSPS) is 16.7. The molecule has 2 heterocycles. The van der Waals surface area contributed by atoms with Crippen LogP contribution in [0.3, 0.4) is 0 Å². The van der Waals surface area contributed by atoms with Gasteiger partial charge in [0.05, 0.1) is 29.2 Å². The zero-order valence-electron chi connectivity index (χ0n) is 14.0. The zero-order chi connectivity index (χ0) is 18.4. The van der Waals surface area contributed by atoms with Crippen LogP contribution in [0.4, 0.5) is 13.2 Å². The van der Waals surface area contributed by atoms with Gasteiger partial charge < -0.3 is 9.30 Å². The highest BCUT2D eigenvalue weighted by atomic mass is 79.9. The quantitative estimate of drug-likeness (QED) is 0.461. The molecule has 2 aromatic rings. The Kier molecular flexibility index (Phi) is 5.23. The molecule has 3 nitrogen and oxygen atoms in total. The van der Waals surface area contributed by atoms with Gasteiger partial charge in [0.15, 0.2) is 0 Å². The van der Waals surface area contributed by atoms with Gasteiger partial charge in [-0.3, -0.25) is 0 Å². The Balaban J connectivity index is 2.18. The lowest BCUT2D eigenvalue weighted by atomic mass is 10.1. The Morgan fingerprint density at radius 3 is 2.56 bits per heavy atom. The standard InChI is InChI=1S/C17H18BrF3N2OS/c1-17(2,3)25-22-15(16(20)21)11-6-23(9-7-24-8-9)14-5-12(18)13(19)4-10(11)14/h4-6,9,16H,7-8H2,1-3H3/b22-15+. The lowest BCUT2D eigenvalue weighted by molar-refractivity contribution is -0.0214. The van der Waals surface area contributed by atoms with Gasteiger partial charge in [-0.1, -0.05) is 0 Å². The molecule has 1 fully saturated rings. The number of alkyl halides is 2. The Bertz CT molecular complexity index is 825. The summed E-state index contributed by atoms with van der Waals surface area (Å²) in [6, 6.07) is 2.96. The van der Waals surface area contributed by atoms with Gasteiger partial charge in [-0.05, 0) is 60.8 Å². The molecule has 0 amide bonds. The number of fused-ring (bicyclic) bond motifs is 1. The molecule has 0 bridgehead atoms. The maximum atomic E-state index is 14.1. The lowest BCUT2D eigenvalue weighted by Gasteiger charge is -2.28. The Labute approximate surface area is 156 Å². The van der Waals surface area contributed by atoms with E-state index >= 15 is 0 Å². The van der Waals surface area contributed by atoms with Crippen molar-refractivity contribution in [1.29, 1.82) is 0 Å². The summed E-state index contributed by atoms with van der Waals surface area (Å²) in [5.41, 5.74) is 0.622. The van der Waals surface area contributed by atoms with Crippen LogP contribution in [-0.4, -0.2) is 34.7 Å². The highest BCUT2D eigenvalue weighted by molar-refractivity contribution is 9.10. The van der Waals surface area contributed by atoms with E-state index in [1.807, 2.05) is 25.3 Å². The Morgan fingerprint density at radius 2 is 2.04 bits per heavy atom. The van der Waals surface area contributed by atoms with Gasteiger partial charge in [-0.2, -0.15) is 0 Å². The third-order valence-electron chi connectivity index (χ3n) is 3.79. The van der Waals surface area contributed by atoms with E-state index in [1.165, 1.54) is 6.07 Å². The largest absolute Gasteiger partial charge is 0.377 e. The molecular weight excluding hydrogens is 417 g/mol. The van der Waals surface area contributed by atoms with Gasteiger partial charge in [0.2, 0.25) is 0 Å². The first-order valence-electron chi connectivity index (χ1n) is 7.79. The van der Waals surface area contributed by atoms with Crippen molar-refractivity contribution in [2.45, 2.75) is 38.0 Å². The van der Waals surface area contributed by atoms with Crippen LogP contribution < -0.4 is 0 Å². The van der Waals surface area contributed by atoms with Gasteiger partial charge in [-0.25, -0.2) is 17.6 Å². The third kappa shape index (κ3) is 3.90. The van der Waals surface area contributed by atoms with E-state index in [-0.39, 0.29) is 22.1 Å². The summed E-state index contributed by atoms with van der Waals surface area (Å²) in [7, 11) is 0. The number of ether oxygens (including phenoxy) is 1. The molecule has 0 saturated carbocycles. The van der Waals surface area contributed by atoms with Gasteiger partial charge in [0.25, 0.3) is 6.43 Å². The minimum absolute atomic E-state index is 0.0582. The molecule has 1 saturated heterocycles. The van der Waals surface area contributed by atoms with Crippen LogP contribution in [0.15, 0.2) is 27.2 Å². The fourth-order valence-electron chi connectivity index (χ4n) is 2.53. The average molecular weight is 435 g/mol. The number of hydrogen-bond acceptors (Lipinski definition) is 3. The number of halogens is 4. The molecule has 1 aliphatic heterocycles. The molecule has 3 rings (SSSR count). The molecule has 0 spiro atoms. The molecule has 136 valence electrons. The van der Waals surface area contributed by atoms with Crippen molar-refractivity contribution in [1.82, 2.24) is 4.57 Å². The summed E-state index contributed by atoms with van der Waals surface area (Å²) in [5, 5.41) is 0.432. The van der Waals surface area contributed by atoms with Gasteiger partial charge in [0, 0.05) is 21.9 Å². The maximum Gasteiger partial charge on any atom is 0.281 e. The molecule has 1 aromatic carbocycles. The molecule has 25 heavy (non-hydrogen) atoms. The second kappa shape index (κ2) is 6.96. The van der Waals surface area contributed by atoms with Crippen molar-refractivity contribution < 1.29 is 17.9 Å². The molecule has 1 aromatic heterocycles. The Morgan fingerprint density at radius 1 is 1.36 bits per heavy atom. The van der Waals surface area contributed by atoms with E-state index < -0.39 is 12.2 Å². The number of nitrogens with zero attached hydrogens (tertiary/aromatic N) is 2. The predicted molar refractivity (Wildman–Crippen MR) is 99.3 cm³/mol.